The fraction of sp³-hybridized carbons (Fsp3) is 0.455. The zero-order valence-electron chi connectivity index (χ0n) is 7.52. The minimum atomic E-state index is -0.195. The van der Waals surface area contributed by atoms with E-state index >= 15 is 0 Å². The lowest BCUT2D eigenvalue weighted by Gasteiger charge is -2.26. The summed E-state index contributed by atoms with van der Waals surface area (Å²) < 4.78 is 5.57. The first-order chi connectivity index (χ1) is 6.36. The molecule has 1 fully saturated rings. The van der Waals surface area contributed by atoms with Gasteiger partial charge in [-0.1, -0.05) is 30.3 Å². The van der Waals surface area contributed by atoms with Crippen molar-refractivity contribution in [1.82, 2.24) is 0 Å². The summed E-state index contributed by atoms with van der Waals surface area (Å²) in [6.45, 7) is 0.667. The van der Waals surface area contributed by atoms with Gasteiger partial charge in [0, 0.05) is 13.0 Å². The summed E-state index contributed by atoms with van der Waals surface area (Å²) in [4.78, 5) is 0. The molecule has 2 heteroatoms. The summed E-state index contributed by atoms with van der Waals surface area (Å²) >= 11 is 0. The van der Waals surface area contributed by atoms with Crippen molar-refractivity contribution in [3.63, 3.8) is 0 Å². The van der Waals surface area contributed by atoms with Crippen molar-refractivity contribution in [3.8, 4) is 0 Å². The van der Waals surface area contributed by atoms with Crippen LogP contribution in [0.5, 0.6) is 0 Å². The van der Waals surface area contributed by atoms with Gasteiger partial charge in [-0.05, 0) is 12.0 Å². The van der Waals surface area contributed by atoms with Crippen molar-refractivity contribution < 1.29 is 9.84 Å². The average molecular weight is 178 g/mol. The van der Waals surface area contributed by atoms with Crippen LogP contribution in [0.25, 0.3) is 0 Å². The van der Waals surface area contributed by atoms with E-state index in [0.717, 1.165) is 12.8 Å². The first kappa shape index (κ1) is 8.73. The largest absolute Gasteiger partial charge is 0.393 e. The summed E-state index contributed by atoms with van der Waals surface area (Å²) in [5.74, 6) is 0. The SMILES string of the molecule is O[C@H]1CCO[C@@H](c2ccccc2)C1. The lowest BCUT2D eigenvalue weighted by molar-refractivity contribution is -0.0447. The molecule has 0 spiro atoms. The summed E-state index contributed by atoms with van der Waals surface area (Å²) in [5, 5.41) is 9.46. The second-order valence-electron chi connectivity index (χ2n) is 3.45. The molecule has 1 aliphatic heterocycles. The number of hydrogen-bond donors (Lipinski definition) is 1. The molecule has 1 heterocycles. The van der Waals surface area contributed by atoms with Crippen LogP contribution in [0.4, 0.5) is 0 Å². The molecule has 13 heavy (non-hydrogen) atoms. The van der Waals surface area contributed by atoms with Gasteiger partial charge in [-0.2, -0.15) is 0 Å². The zero-order valence-corrected chi connectivity index (χ0v) is 7.52. The molecule has 70 valence electrons. The highest BCUT2D eigenvalue weighted by Crippen LogP contribution is 2.27. The topological polar surface area (TPSA) is 29.5 Å². The molecular weight excluding hydrogens is 164 g/mol. The van der Waals surface area contributed by atoms with E-state index in [1.807, 2.05) is 30.3 Å². The summed E-state index contributed by atoms with van der Waals surface area (Å²) in [6, 6.07) is 10.1. The first-order valence-electron chi connectivity index (χ1n) is 4.71. The van der Waals surface area contributed by atoms with Gasteiger partial charge in [0.05, 0.1) is 12.2 Å². The molecule has 0 bridgehead atoms. The van der Waals surface area contributed by atoms with Crippen LogP contribution >= 0.6 is 0 Å². The fourth-order valence-corrected chi connectivity index (χ4v) is 1.68. The molecule has 0 amide bonds. The van der Waals surface area contributed by atoms with Crippen LogP contribution in [0.2, 0.25) is 0 Å². The Bertz CT molecular complexity index is 258. The van der Waals surface area contributed by atoms with Gasteiger partial charge in [-0.3, -0.25) is 0 Å². The molecule has 1 aliphatic rings. The molecule has 1 saturated heterocycles. The van der Waals surface area contributed by atoms with E-state index in [-0.39, 0.29) is 12.2 Å². The average Bonchev–Trinajstić information content (AvgIpc) is 2.19. The maximum absolute atomic E-state index is 9.46. The fourth-order valence-electron chi connectivity index (χ4n) is 1.68. The quantitative estimate of drug-likeness (QED) is 0.711. The maximum Gasteiger partial charge on any atom is 0.0849 e. The van der Waals surface area contributed by atoms with Gasteiger partial charge in [0.15, 0.2) is 0 Å². The second kappa shape index (κ2) is 3.90. The third-order valence-electron chi connectivity index (χ3n) is 2.43. The molecule has 1 N–H and O–H groups in total. The van der Waals surface area contributed by atoms with Gasteiger partial charge in [0.2, 0.25) is 0 Å². The van der Waals surface area contributed by atoms with E-state index < -0.39 is 0 Å². The number of hydrogen-bond acceptors (Lipinski definition) is 2. The molecule has 0 unspecified atom stereocenters. The van der Waals surface area contributed by atoms with Gasteiger partial charge in [0.25, 0.3) is 0 Å². The number of aliphatic hydroxyl groups excluding tert-OH is 1. The van der Waals surface area contributed by atoms with Crippen LogP contribution in [0.3, 0.4) is 0 Å². The number of ether oxygens (including phenoxy) is 1. The molecule has 1 aromatic rings. The van der Waals surface area contributed by atoms with Gasteiger partial charge >= 0.3 is 0 Å². The maximum atomic E-state index is 9.46. The van der Waals surface area contributed by atoms with Crippen molar-refractivity contribution in [2.45, 2.75) is 25.0 Å². The summed E-state index contributed by atoms with van der Waals surface area (Å²) in [5.41, 5.74) is 1.17. The minimum Gasteiger partial charge on any atom is -0.393 e. The molecule has 1 aromatic carbocycles. The highest BCUT2D eigenvalue weighted by molar-refractivity contribution is 5.18. The monoisotopic (exact) mass is 178 g/mol. The van der Waals surface area contributed by atoms with Crippen molar-refractivity contribution in [1.29, 1.82) is 0 Å². The van der Waals surface area contributed by atoms with Crippen LogP contribution in [0.1, 0.15) is 24.5 Å². The number of aliphatic hydroxyl groups is 1. The Hall–Kier alpha value is -0.860. The Labute approximate surface area is 78.2 Å². The van der Waals surface area contributed by atoms with Crippen molar-refractivity contribution in [2.75, 3.05) is 6.61 Å². The molecular formula is C11H14O2. The smallest absolute Gasteiger partial charge is 0.0849 e. The van der Waals surface area contributed by atoms with Gasteiger partial charge < -0.3 is 9.84 Å². The Morgan fingerprint density at radius 3 is 2.69 bits per heavy atom. The van der Waals surface area contributed by atoms with E-state index in [2.05, 4.69) is 0 Å². The van der Waals surface area contributed by atoms with Crippen molar-refractivity contribution >= 4 is 0 Å². The van der Waals surface area contributed by atoms with Crippen LogP contribution in [-0.2, 0) is 4.74 Å². The van der Waals surface area contributed by atoms with Gasteiger partial charge in [0.1, 0.15) is 0 Å². The standard InChI is InChI=1S/C11H14O2/c12-10-6-7-13-11(8-10)9-4-2-1-3-5-9/h1-5,10-12H,6-8H2/t10-,11+/m0/s1. The molecule has 2 atom stereocenters. The highest BCUT2D eigenvalue weighted by atomic mass is 16.5. The van der Waals surface area contributed by atoms with Crippen molar-refractivity contribution in [2.24, 2.45) is 0 Å². The Balaban J connectivity index is 2.08. The third-order valence-corrected chi connectivity index (χ3v) is 2.43. The van der Waals surface area contributed by atoms with Crippen LogP contribution in [0.15, 0.2) is 30.3 Å². The molecule has 0 aromatic heterocycles. The minimum absolute atomic E-state index is 0.0879. The van der Waals surface area contributed by atoms with Gasteiger partial charge in [-0.25, -0.2) is 0 Å². The van der Waals surface area contributed by atoms with Crippen LogP contribution < -0.4 is 0 Å². The zero-order chi connectivity index (χ0) is 9.10. The number of rotatable bonds is 1. The van der Waals surface area contributed by atoms with E-state index in [1.165, 1.54) is 5.56 Å². The summed E-state index contributed by atoms with van der Waals surface area (Å²) in [6.07, 6.45) is 1.39. The third kappa shape index (κ3) is 2.08. The second-order valence-corrected chi connectivity index (χ2v) is 3.45. The summed E-state index contributed by atoms with van der Waals surface area (Å²) in [7, 11) is 0. The molecule has 2 rings (SSSR count). The Morgan fingerprint density at radius 1 is 1.23 bits per heavy atom. The van der Waals surface area contributed by atoms with Crippen LogP contribution in [-0.4, -0.2) is 17.8 Å². The predicted octanol–water partition coefficient (Wildman–Crippen LogP) is 1.90. The molecule has 0 aliphatic carbocycles. The molecule has 2 nitrogen and oxygen atoms in total. The predicted molar refractivity (Wildman–Crippen MR) is 50.4 cm³/mol. The molecule has 0 saturated carbocycles. The first-order valence-corrected chi connectivity index (χ1v) is 4.71. The van der Waals surface area contributed by atoms with E-state index in [4.69, 9.17) is 4.74 Å². The van der Waals surface area contributed by atoms with E-state index in [0.29, 0.717) is 6.61 Å². The Morgan fingerprint density at radius 2 is 2.00 bits per heavy atom. The van der Waals surface area contributed by atoms with Crippen LogP contribution in [0, 0.1) is 0 Å². The normalized spacial score (nSPS) is 28.7. The van der Waals surface area contributed by atoms with Gasteiger partial charge in [-0.15, -0.1) is 0 Å². The van der Waals surface area contributed by atoms with Crippen molar-refractivity contribution in [3.05, 3.63) is 35.9 Å². The number of benzene rings is 1. The van der Waals surface area contributed by atoms with E-state index in [1.54, 1.807) is 0 Å². The Kier molecular flexibility index (Phi) is 2.62. The highest BCUT2D eigenvalue weighted by Gasteiger charge is 2.21. The molecule has 0 radical (unpaired) electrons. The lowest BCUT2D eigenvalue weighted by atomic mass is 10.00. The van der Waals surface area contributed by atoms with E-state index in [9.17, 15) is 5.11 Å². The lowest BCUT2D eigenvalue weighted by Crippen LogP contribution is -2.23.